The highest BCUT2D eigenvalue weighted by Crippen LogP contribution is 2.35. The smallest absolute Gasteiger partial charge is 0.325 e. The topological polar surface area (TPSA) is 98.1 Å². The zero-order valence-corrected chi connectivity index (χ0v) is 14.9. The molecule has 1 atom stereocenters. The van der Waals surface area contributed by atoms with Crippen LogP contribution < -0.4 is 16.6 Å². The van der Waals surface area contributed by atoms with Gasteiger partial charge in [0.2, 0.25) is 0 Å². The van der Waals surface area contributed by atoms with Crippen LogP contribution in [0, 0.1) is 6.92 Å². The summed E-state index contributed by atoms with van der Waals surface area (Å²) in [5.74, 6) is 0.341. The SMILES string of the molecule is Cc1cc(C(=O)N2CCc3c([nH]c(=O)[nH]c3=O)C2)c2c(c1)C(C)CCN2. The van der Waals surface area contributed by atoms with E-state index in [0.29, 0.717) is 35.7 Å². The lowest BCUT2D eigenvalue weighted by Gasteiger charge is -2.31. The van der Waals surface area contributed by atoms with Crippen LogP contribution in [0.4, 0.5) is 5.69 Å². The van der Waals surface area contributed by atoms with Crippen LogP contribution in [0.1, 0.15) is 52.0 Å². The monoisotopic (exact) mass is 354 g/mol. The zero-order chi connectivity index (χ0) is 18.4. The number of hydrogen-bond donors (Lipinski definition) is 3. The molecule has 0 spiro atoms. The van der Waals surface area contributed by atoms with Crippen LogP contribution in [-0.2, 0) is 13.0 Å². The largest absolute Gasteiger partial charge is 0.384 e. The maximum atomic E-state index is 13.2. The predicted molar refractivity (Wildman–Crippen MR) is 98.8 cm³/mol. The Labute approximate surface area is 150 Å². The highest BCUT2D eigenvalue weighted by Gasteiger charge is 2.28. The van der Waals surface area contributed by atoms with Crippen LogP contribution in [0.2, 0.25) is 0 Å². The first-order valence-corrected chi connectivity index (χ1v) is 8.96. The van der Waals surface area contributed by atoms with E-state index < -0.39 is 5.69 Å². The third-order valence-electron chi connectivity index (χ3n) is 5.35. The standard InChI is InChI=1S/C19H22N4O3/c1-10-7-13-11(2)3-5-20-16(13)14(8-10)18(25)23-6-4-12-15(9-23)21-19(26)22-17(12)24/h7-8,11,20H,3-6,9H2,1-2H3,(H2,21,22,24,26). The normalized spacial score (nSPS) is 18.7. The summed E-state index contributed by atoms with van der Waals surface area (Å²) in [6.07, 6.45) is 1.48. The average Bonchev–Trinajstić information content (AvgIpc) is 2.60. The van der Waals surface area contributed by atoms with Crippen LogP contribution in [0.3, 0.4) is 0 Å². The summed E-state index contributed by atoms with van der Waals surface area (Å²) in [4.78, 5) is 43.3. The molecular formula is C19H22N4O3. The van der Waals surface area contributed by atoms with E-state index in [1.807, 2.05) is 13.0 Å². The van der Waals surface area contributed by atoms with Gasteiger partial charge in [-0.1, -0.05) is 13.0 Å². The van der Waals surface area contributed by atoms with Gasteiger partial charge in [-0.2, -0.15) is 0 Å². The molecule has 1 unspecified atom stereocenters. The highest BCUT2D eigenvalue weighted by molar-refractivity contribution is 6.01. The number of benzene rings is 1. The van der Waals surface area contributed by atoms with E-state index in [0.717, 1.165) is 24.2 Å². The molecule has 1 amide bonds. The fourth-order valence-electron chi connectivity index (χ4n) is 3.96. The van der Waals surface area contributed by atoms with Crippen molar-refractivity contribution in [3.8, 4) is 0 Å². The molecular weight excluding hydrogens is 332 g/mol. The van der Waals surface area contributed by atoms with Crippen molar-refractivity contribution in [3.63, 3.8) is 0 Å². The van der Waals surface area contributed by atoms with Gasteiger partial charge in [-0.3, -0.25) is 14.6 Å². The molecule has 7 heteroatoms. The Hall–Kier alpha value is -2.83. The zero-order valence-electron chi connectivity index (χ0n) is 14.9. The summed E-state index contributed by atoms with van der Waals surface area (Å²) in [6, 6.07) is 4.06. The van der Waals surface area contributed by atoms with E-state index in [4.69, 9.17) is 0 Å². The Bertz CT molecular complexity index is 1000. The summed E-state index contributed by atoms with van der Waals surface area (Å²) in [6.45, 7) is 5.73. The minimum absolute atomic E-state index is 0.0710. The molecule has 0 fully saturated rings. The number of carbonyl (C=O) groups is 1. The number of aromatic nitrogens is 2. The van der Waals surface area contributed by atoms with E-state index in [2.05, 4.69) is 28.3 Å². The first-order valence-electron chi connectivity index (χ1n) is 8.96. The summed E-state index contributed by atoms with van der Waals surface area (Å²) in [5.41, 5.74) is 4.03. The first-order chi connectivity index (χ1) is 12.4. The summed E-state index contributed by atoms with van der Waals surface area (Å²) in [7, 11) is 0. The van der Waals surface area contributed by atoms with Crippen LogP contribution >= 0.6 is 0 Å². The van der Waals surface area contributed by atoms with Crippen molar-refractivity contribution < 1.29 is 4.79 Å². The Morgan fingerprint density at radius 3 is 2.85 bits per heavy atom. The molecule has 2 aliphatic rings. The van der Waals surface area contributed by atoms with Gasteiger partial charge in [0.25, 0.3) is 11.5 Å². The number of amides is 1. The number of rotatable bonds is 1. The fourth-order valence-corrected chi connectivity index (χ4v) is 3.96. The van der Waals surface area contributed by atoms with Gasteiger partial charge in [-0.15, -0.1) is 0 Å². The van der Waals surface area contributed by atoms with E-state index in [9.17, 15) is 14.4 Å². The molecule has 0 saturated heterocycles. The first kappa shape index (κ1) is 16.6. The van der Waals surface area contributed by atoms with Crippen molar-refractivity contribution in [2.24, 2.45) is 0 Å². The van der Waals surface area contributed by atoms with Gasteiger partial charge in [-0.25, -0.2) is 4.79 Å². The second-order valence-corrected chi connectivity index (χ2v) is 7.24. The molecule has 136 valence electrons. The van der Waals surface area contributed by atoms with Crippen molar-refractivity contribution in [1.82, 2.24) is 14.9 Å². The number of carbonyl (C=O) groups excluding carboxylic acids is 1. The highest BCUT2D eigenvalue weighted by atomic mass is 16.2. The number of H-pyrrole nitrogens is 2. The number of hydrogen-bond acceptors (Lipinski definition) is 4. The molecule has 0 aliphatic carbocycles. The van der Waals surface area contributed by atoms with Crippen molar-refractivity contribution in [2.45, 2.75) is 39.2 Å². The maximum absolute atomic E-state index is 13.2. The minimum Gasteiger partial charge on any atom is -0.384 e. The quantitative estimate of drug-likeness (QED) is 0.723. The number of aromatic amines is 2. The Kier molecular flexibility index (Phi) is 3.94. The molecule has 3 N–H and O–H groups in total. The molecule has 4 rings (SSSR count). The number of fused-ring (bicyclic) bond motifs is 2. The van der Waals surface area contributed by atoms with E-state index in [1.165, 1.54) is 5.56 Å². The fraction of sp³-hybridized carbons (Fsp3) is 0.421. The molecule has 26 heavy (non-hydrogen) atoms. The van der Waals surface area contributed by atoms with Crippen molar-refractivity contribution in [3.05, 3.63) is 60.9 Å². The number of nitrogens with zero attached hydrogens (tertiary/aromatic N) is 1. The molecule has 3 heterocycles. The summed E-state index contributed by atoms with van der Waals surface area (Å²) in [5, 5.41) is 3.39. The number of nitrogens with one attached hydrogen (secondary N) is 3. The van der Waals surface area contributed by atoms with Gasteiger partial charge >= 0.3 is 5.69 Å². The lowest BCUT2D eigenvalue weighted by molar-refractivity contribution is 0.0731. The molecule has 7 nitrogen and oxygen atoms in total. The van der Waals surface area contributed by atoms with E-state index in [1.54, 1.807) is 4.90 Å². The van der Waals surface area contributed by atoms with Gasteiger partial charge in [0.05, 0.1) is 17.8 Å². The maximum Gasteiger partial charge on any atom is 0.325 e. The van der Waals surface area contributed by atoms with Crippen LogP contribution in [0.5, 0.6) is 0 Å². The molecule has 0 radical (unpaired) electrons. The minimum atomic E-state index is -0.536. The summed E-state index contributed by atoms with van der Waals surface area (Å²) < 4.78 is 0. The van der Waals surface area contributed by atoms with Crippen LogP contribution in [0.25, 0.3) is 0 Å². The van der Waals surface area contributed by atoms with Gasteiger partial charge in [0.15, 0.2) is 0 Å². The Balaban J connectivity index is 1.71. The average molecular weight is 354 g/mol. The van der Waals surface area contributed by atoms with E-state index in [-0.39, 0.29) is 18.0 Å². The molecule has 1 aromatic heterocycles. The molecule has 2 aromatic rings. The molecule has 0 saturated carbocycles. The third-order valence-corrected chi connectivity index (χ3v) is 5.35. The van der Waals surface area contributed by atoms with E-state index >= 15 is 0 Å². The molecule has 0 bridgehead atoms. The number of anilines is 1. The van der Waals surface area contributed by atoms with Gasteiger partial charge in [0, 0.05) is 24.3 Å². The Morgan fingerprint density at radius 2 is 2.04 bits per heavy atom. The van der Waals surface area contributed by atoms with Crippen molar-refractivity contribution in [2.75, 3.05) is 18.4 Å². The van der Waals surface area contributed by atoms with Crippen molar-refractivity contribution in [1.29, 1.82) is 0 Å². The summed E-state index contributed by atoms with van der Waals surface area (Å²) >= 11 is 0. The number of aryl methyl sites for hydroxylation is 1. The van der Waals surface area contributed by atoms with Crippen LogP contribution in [0.15, 0.2) is 21.7 Å². The van der Waals surface area contributed by atoms with Gasteiger partial charge < -0.3 is 15.2 Å². The lowest BCUT2D eigenvalue weighted by atomic mass is 9.88. The molecule has 2 aliphatic heterocycles. The second-order valence-electron chi connectivity index (χ2n) is 7.24. The van der Waals surface area contributed by atoms with Crippen molar-refractivity contribution >= 4 is 11.6 Å². The predicted octanol–water partition coefficient (Wildman–Crippen LogP) is 1.49. The molecule has 1 aromatic carbocycles. The lowest BCUT2D eigenvalue weighted by Crippen LogP contribution is -2.41. The van der Waals surface area contributed by atoms with Gasteiger partial charge in [-0.05, 0) is 42.9 Å². The Morgan fingerprint density at radius 1 is 1.23 bits per heavy atom. The van der Waals surface area contributed by atoms with Crippen LogP contribution in [-0.4, -0.2) is 33.9 Å². The second kappa shape index (κ2) is 6.16. The van der Waals surface area contributed by atoms with Gasteiger partial charge in [0.1, 0.15) is 0 Å². The third kappa shape index (κ3) is 2.73.